The Morgan fingerprint density at radius 3 is 2.81 bits per heavy atom. The van der Waals surface area contributed by atoms with E-state index in [9.17, 15) is 9.90 Å². The number of anilines is 1. The molecule has 1 amide bonds. The summed E-state index contributed by atoms with van der Waals surface area (Å²) in [6, 6.07) is 5.02. The highest BCUT2D eigenvalue weighted by molar-refractivity contribution is 7.22. The smallest absolute Gasteiger partial charge is 0.411 e. The summed E-state index contributed by atoms with van der Waals surface area (Å²) < 4.78 is 12.0. The van der Waals surface area contributed by atoms with Gasteiger partial charge in [0.25, 0.3) is 0 Å². The third kappa shape index (κ3) is 5.82. The van der Waals surface area contributed by atoms with E-state index in [0.29, 0.717) is 32.7 Å². The molecule has 0 saturated carbocycles. The molecule has 3 aromatic rings. The lowest BCUT2D eigenvalue weighted by Crippen LogP contribution is -2.19. The van der Waals surface area contributed by atoms with Crippen LogP contribution in [0, 0.1) is 12.0 Å². The summed E-state index contributed by atoms with van der Waals surface area (Å²) in [6.45, 7) is 12.9. The van der Waals surface area contributed by atoms with E-state index in [1.807, 2.05) is 20.8 Å². The topological polar surface area (TPSA) is 97.9 Å². The van der Waals surface area contributed by atoms with Crippen LogP contribution in [0.3, 0.4) is 0 Å². The van der Waals surface area contributed by atoms with Gasteiger partial charge in [0, 0.05) is 18.0 Å². The number of halogens is 1. The molecule has 2 aromatic heterocycles. The fourth-order valence-corrected chi connectivity index (χ4v) is 3.85. The van der Waals surface area contributed by atoms with Gasteiger partial charge in [0.2, 0.25) is 5.69 Å². The molecule has 8 nitrogen and oxygen atoms in total. The molecular weight excluding hydrogens is 440 g/mol. The minimum Gasteiger partial charge on any atom is -0.490 e. The maximum absolute atomic E-state index is 11.9. The van der Waals surface area contributed by atoms with Gasteiger partial charge >= 0.3 is 6.09 Å². The van der Waals surface area contributed by atoms with E-state index in [1.54, 1.807) is 12.1 Å². The van der Waals surface area contributed by atoms with Gasteiger partial charge in [-0.05, 0) is 23.6 Å². The first kappa shape index (κ1) is 22.7. The highest BCUT2D eigenvalue weighted by Crippen LogP contribution is 2.40. The largest absolute Gasteiger partial charge is 0.490 e. The van der Waals surface area contributed by atoms with Crippen molar-refractivity contribution in [3.63, 3.8) is 0 Å². The Balaban J connectivity index is 1.62. The number of aliphatic hydroxyl groups excluding tert-OH is 1. The number of hydrogen-bond donors (Lipinski definition) is 2. The lowest BCUT2D eigenvalue weighted by molar-refractivity contribution is 0.0635. The summed E-state index contributed by atoms with van der Waals surface area (Å²) in [4.78, 5) is 23.4. The van der Waals surface area contributed by atoms with Crippen LogP contribution >= 0.6 is 22.9 Å². The highest BCUT2D eigenvalue weighted by atomic mass is 35.5. The van der Waals surface area contributed by atoms with Gasteiger partial charge < -0.3 is 14.6 Å². The van der Waals surface area contributed by atoms with E-state index in [0.717, 1.165) is 4.70 Å². The van der Waals surface area contributed by atoms with Crippen LogP contribution in [0.2, 0.25) is 4.47 Å². The van der Waals surface area contributed by atoms with Crippen molar-refractivity contribution in [1.82, 2.24) is 9.97 Å². The highest BCUT2D eigenvalue weighted by Gasteiger charge is 2.27. The van der Waals surface area contributed by atoms with Crippen molar-refractivity contribution in [1.29, 1.82) is 0 Å². The molecule has 0 aliphatic heterocycles. The Morgan fingerprint density at radius 2 is 2.10 bits per heavy atom. The van der Waals surface area contributed by atoms with Crippen molar-refractivity contribution >= 4 is 50.6 Å². The molecule has 10 heteroatoms. The minimum absolute atomic E-state index is 0.000410. The average Bonchev–Trinajstić information content (AvgIpc) is 3.09. The van der Waals surface area contributed by atoms with E-state index in [2.05, 4.69) is 20.1 Å². The lowest BCUT2D eigenvalue weighted by Gasteiger charge is -2.26. The number of thiazole rings is 1. The van der Waals surface area contributed by atoms with E-state index >= 15 is 0 Å². The summed E-state index contributed by atoms with van der Waals surface area (Å²) in [7, 11) is 0. The molecule has 0 bridgehead atoms. The number of rotatable bonds is 6. The molecule has 0 saturated heterocycles. The Labute approximate surface area is 188 Å². The van der Waals surface area contributed by atoms with Crippen LogP contribution in [0.5, 0.6) is 5.75 Å². The monoisotopic (exact) mass is 460 g/mol. The Hall–Kier alpha value is -2.93. The van der Waals surface area contributed by atoms with Gasteiger partial charge in [-0.1, -0.05) is 32.4 Å². The van der Waals surface area contributed by atoms with Gasteiger partial charge in [-0.25, -0.2) is 14.6 Å². The summed E-state index contributed by atoms with van der Waals surface area (Å²) in [5.41, 5.74) is 1.56. The zero-order valence-corrected chi connectivity index (χ0v) is 18.8. The number of fused-ring (bicyclic) bond motifs is 1. The molecule has 1 atom stereocenters. The number of hydrogen-bond acceptors (Lipinski definition) is 7. The van der Waals surface area contributed by atoms with Crippen LogP contribution in [0.25, 0.3) is 15.1 Å². The van der Waals surface area contributed by atoms with Crippen molar-refractivity contribution in [3.8, 4) is 5.75 Å². The Morgan fingerprint density at radius 1 is 1.32 bits per heavy atom. The molecule has 31 heavy (non-hydrogen) atoms. The number of benzene rings is 1. The van der Waals surface area contributed by atoms with Gasteiger partial charge in [-0.3, -0.25) is 10.3 Å². The van der Waals surface area contributed by atoms with Crippen molar-refractivity contribution in [2.75, 3.05) is 18.5 Å². The first-order valence-electron chi connectivity index (χ1n) is 9.34. The number of ether oxygens (including phenoxy) is 2. The van der Waals surface area contributed by atoms with Gasteiger partial charge in [-0.15, -0.1) is 11.3 Å². The number of aliphatic hydroxyl groups is 1. The van der Waals surface area contributed by atoms with Crippen molar-refractivity contribution in [3.05, 3.63) is 52.0 Å². The number of amides is 1. The fraction of sp³-hybridized carbons (Fsp3) is 0.333. The summed E-state index contributed by atoms with van der Waals surface area (Å²) in [5.74, 6) is 0.518. The van der Waals surface area contributed by atoms with Crippen LogP contribution < -0.4 is 10.1 Å². The number of pyridine rings is 1. The zero-order valence-electron chi connectivity index (χ0n) is 17.2. The van der Waals surface area contributed by atoms with Gasteiger partial charge in [0.15, 0.2) is 4.47 Å². The molecule has 0 aliphatic carbocycles. The molecule has 3 rings (SSSR count). The molecule has 1 unspecified atom stereocenters. The summed E-state index contributed by atoms with van der Waals surface area (Å²) >= 11 is 7.37. The summed E-state index contributed by atoms with van der Waals surface area (Å²) in [5, 5.41) is 13.3. The number of nitrogens with one attached hydrogen (secondary N) is 1. The van der Waals surface area contributed by atoms with Crippen molar-refractivity contribution < 1.29 is 19.4 Å². The molecule has 0 fully saturated rings. The predicted octanol–water partition coefficient (Wildman–Crippen LogP) is 5.60. The first-order chi connectivity index (χ1) is 14.7. The summed E-state index contributed by atoms with van der Waals surface area (Å²) in [6.07, 6.45) is 1.37. The number of carbonyl (C=O) groups excluding carboxylic acids is 1. The van der Waals surface area contributed by atoms with Crippen molar-refractivity contribution in [2.24, 2.45) is 5.41 Å². The maximum atomic E-state index is 11.9. The minimum atomic E-state index is -0.765. The fourth-order valence-electron chi connectivity index (χ4n) is 2.77. The van der Waals surface area contributed by atoms with Gasteiger partial charge in [0.1, 0.15) is 19.0 Å². The van der Waals surface area contributed by atoms with E-state index in [-0.39, 0.29) is 13.2 Å². The third-order valence-electron chi connectivity index (χ3n) is 4.27. The Kier molecular flexibility index (Phi) is 6.95. The SMILES string of the molecule is [C-]#[N+]c1cncc(NC(=O)OCCOc2cc(C(O)C(C)(C)C)c3nc(Cl)sc3c2)c1. The second-order valence-electron chi connectivity index (χ2n) is 7.75. The lowest BCUT2D eigenvalue weighted by atomic mass is 9.84. The van der Waals surface area contributed by atoms with Crippen LogP contribution in [0.4, 0.5) is 16.2 Å². The number of nitrogens with zero attached hydrogens (tertiary/aromatic N) is 3. The standard InChI is InChI=1S/C21H21ClN4O4S/c1-21(2,3)18(27)15-8-14(9-16-17(15)26-19(22)31-16)29-5-6-30-20(28)25-13-7-12(23-4)10-24-11-13/h7-11,18,27H,5-6H2,1-3H3,(H,25,28). The molecule has 1 aromatic carbocycles. The quantitative estimate of drug-likeness (QED) is 0.367. The van der Waals surface area contributed by atoms with E-state index in [1.165, 1.54) is 29.8 Å². The van der Waals surface area contributed by atoms with E-state index in [4.69, 9.17) is 27.6 Å². The van der Waals surface area contributed by atoms with Crippen LogP contribution in [0.1, 0.15) is 32.4 Å². The van der Waals surface area contributed by atoms with Crippen molar-refractivity contribution in [2.45, 2.75) is 26.9 Å². The average molecular weight is 461 g/mol. The third-order valence-corrected chi connectivity index (χ3v) is 5.38. The number of aromatic nitrogens is 2. The molecule has 0 radical (unpaired) electrons. The second-order valence-corrected chi connectivity index (χ2v) is 9.36. The molecule has 0 spiro atoms. The van der Waals surface area contributed by atoms with Gasteiger partial charge in [0.05, 0.1) is 28.6 Å². The molecule has 0 aliphatic rings. The van der Waals surface area contributed by atoms with Crippen LogP contribution in [0.15, 0.2) is 30.6 Å². The van der Waals surface area contributed by atoms with Gasteiger partial charge in [-0.2, -0.15) is 0 Å². The van der Waals surface area contributed by atoms with Crippen LogP contribution in [-0.2, 0) is 4.74 Å². The normalized spacial score (nSPS) is 12.3. The molecule has 162 valence electrons. The van der Waals surface area contributed by atoms with E-state index < -0.39 is 17.6 Å². The zero-order chi connectivity index (χ0) is 22.6. The maximum Gasteiger partial charge on any atom is 0.411 e. The molecule has 2 N–H and O–H groups in total. The molecular formula is C21H21ClN4O4S. The first-order valence-corrected chi connectivity index (χ1v) is 10.5. The van der Waals surface area contributed by atoms with Crippen LogP contribution in [-0.4, -0.2) is 34.4 Å². The molecule has 2 heterocycles. The number of carbonyl (C=O) groups is 1. The Bertz CT molecular complexity index is 1140. The predicted molar refractivity (Wildman–Crippen MR) is 120 cm³/mol. The second kappa shape index (κ2) is 9.47.